The molecule has 40 heavy (non-hydrogen) atoms. The fourth-order valence-electron chi connectivity index (χ4n) is 3.29. The van der Waals surface area contributed by atoms with Crippen LogP contribution in [-0.4, -0.2) is 35.1 Å². The Hall–Kier alpha value is -4.94. The number of hydrogen-bond donors (Lipinski definition) is 4. The van der Waals surface area contributed by atoms with Gasteiger partial charge in [-0.25, -0.2) is 10.9 Å². The zero-order chi connectivity index (χ0) is 28.5. The molecule has 2 heterocycles. The molecule has 202 valence electrons. The Labute approximate surface area is 237 Å². The van der Waals surface area contributed by atoms with Gasteiger partial charge in [-0.1, -0.05) is 36.4 Å². The minimum atomic E-state index is -0.984. The minimum Gasteiger partial charge on any atom is -0.321 e. The van der Waals surface area contributed by atoms with Crippen LogP contribution in [0.15, 0.2) is 93.8 Å². The van der Waals surface area contributed by atoms with Crippen molar-refractivity contribution in [3.63, 3.8) is 0 Å². The molecule has 0 aliphatic carbocycles. The third-order valence-corrected chi connectivity index (χ3v) is 7.20. The standard InChI is InChI=1S/C28H24N6O4S2/c1-17(19-7-11-21(12-8-19)29-25(35)23-5-3-15-39-23)31-33-27(37)28(38)34-32-18(2)20-9-13-22(14-10-20)30-26(36)24-6-4-16-40-24/h3-16H,1-2H3,(H,29,35)(H,30,36)(H,33,37)(H,34,38)/b31-17+,32-18+. The van der Waals surface area contributed by atoms with Crippen molar-refractivity contribution in [1.82, 2.24) is 10.9 Å². The highest BCUT2D eigenvalue weighted by Gasteiger charge is 2.13. The van der Waals surface area contributed by atoms with Crippen molar-refractivity contribution in [2.24, 2.45) is 10.2 Å². The van der Waals surface area contributed by atoms with Gasteiger partial charge in [-0.2, -0.15) is 10.2 Å². The van der Waals surface area contributed by atoms with Crippen molar-refractivity contribution < 1.29 is 19.2 Å². The molecule has 12 heteroatoms. The summed E-state index contributed by atoms with van der Waals surface area (Å²) in [7, 11) is 0. The lowest BCUT2D eigenvalue weighted by Crippen LogP contribution is -2.36. The number of carbonyl (C=O) groups is 4. The van der Waals surface area contributed by atoms with Crippen molar-refractivity contribution in [3.05, 3.63) is 104 Å². The van der Waals surface area contributed by atoms with Gasteiger partial charge in [-0.05, 0) is 72.1 Å². The lowest BCUT2D eigenvalue weighted by atomic mass is 10.1. The van der Waals surface area contributed by atoms with E-state index in [1.807, 2.05) is 10.8 Å². The van der Waals surface area contributed by atoms with Gasteiger partial charge in [0.1, 0.15) is 0 Å². The highest BCUT2D eigenvalue weighted by Crippen LogP contribution is 2.16. The number of rotatable bonds is 8. The Bertz CT molecular complexity index is 1440. The van der Waals surface area contributed by atoms with Crippen LogP contribution in [0.3, 0.4) is 0 Å². The van der Waals surface area contributed by atoms with E-state index in [0.29, 0.717) is 43.7 Å². The molecule has 0 saturated carbocycles. The lowest BCUT2D eigenvalue weighted by molar-refractivity contribution is -0.139. The Morgan fingerprint density at radius 3 is 1.27 bits per heavy atom. The molecule has 0 atom stereocenters. The van der Waals surface area contributed by atoms with Gasteiger partial charge >= 0.3 is 11.8 Å². The molecule has 10 nitrogen and oxygen atoms in total. The molecule has 0 aliphatic rings. The van der Waals surface area contributed by atoms with Gasteiger partial charge in [0.25, 0.3) is 11.8 Å². The molecule has 0 fully saturated rings. The summed E-state index contributed by atoms with van der Waals surface area (Å²) in [5, 5.41) is 17.2. The van der Waals surface area contributed by atoms with Crippen LogP contribution in [-0.2, 0) is 9.59 Å². The van der Waals surface area contributed by atoms with Crippen molar-refractivity contribution in [1.29, 1.82) is 0 Å². The van der Waals surface area contributed by atoms with Crippen LogP contribution in [0.4, 0.5) is 11.4 Å². The first kappa shape index (κ1) is 28.1. The van der Waals surface area contributed by atoms with Crippen molar-refractivity contribution in [3.8, 4) is 0 Å². The first-order chi connectivity index (χ1) is 19.3. The Balaban J connectivity index is 1.26. The number of hydrogen-bond acceptors (Lipinski definition) is 8. The number of amides is 4. The van der Waals surface area contributed by atoms with Crippen LogP contribution in [0.5, 0.6) is 0 Å². The first-order valence-electron chi connectivity index (χ1n) is 11.9. The first-order valence-corrected chi connectivity index (χ1v) is 13.7. The van der Waals surface area contributed by atoms with E-state index in [9.17, 15) is 19.2 Å². The average Bonchev–Trinajstić information content (AvgIpc) is 3.70. The monoisotopic (exact) mass is 572 g/mol. The number of nitrogens with zero attached hydrogens (tertiary/aromatic N) is 2. The van der Waals surface area contributed by atoms with Gasteiger partial charge in [0.15, 0.2) is 0 Å². The van der Waals surface area contributed by atoms with E-state index in [4.69, 9.17) is 0 Å². The molecule has 0 bridgehead atoms. The maximum atomic E-state index is 12.2. The van der Waals surface area contributed by atoms with E-state index in [1.165, 1.54) is 22.7 Å². The molecule has 4 aromatic rings. The predicted octanol–water partition coefficient (Wildman–Crippen LogP) is 4.69. The maximum absolute atomic E-state index is 12.2. The summed E-state index contributed by atoms with van der Waals surface area (Å²) in [5.41, 5.74) is 7.95. The van der Waals surface area contributed by atoms with Gasteiger partial charge in [0.05, 0.1) is 21.2 Å². The molecular weight excluding hydrogens is 548 g/mol. The summed E-state index contributed by atoms with van der Waals surface area (Å²) in [6, 6.07) is 20.9. The van der Waals surface area contributed by atoms with E-state index in [2.05, 4.69) is 31.7 Å². The van der Waals surface area contributed by atoms with Crippen LogP contribution in [0.2, 0.25) is 0 Å². The van der Waals surface area contributed by atoms with Crippen LogP contribution in [0.1, 0.15) is 44.3 Å². The lowest BCUT2D eigenvalue weighted by Gasteiger charge is -2.07. The van der Waals surface area contributed by atoms with Gasteiger partial charge < -0.3 is 10.6 Å². The minimum absolute atomic E-state index is 0.195. The van der Waals surface area contributed by atoms with E-state index in [1.54, 1.807) is 86.6 Å². The number of hydrazone groups is 2. The summed E-state index contributed by atoms with van der Waals surface area (Å²) in [6.45, 7) is 3.35. The third kappa shape index (κ3) is 7.56. The van der Waals surface area contributed by atoms with Crippen LogP contribution < -0.4 is 21.5 Å². The molecule has 4 rings (SSSR count). The molecule has 2 aromatic heterocycles. The highest BCUT2D eigenvalue weighted by atomic mass is 32.1. The van der Waals surface area contributed by atoms with Crippen LogP contribution >= 0.6 is 22.7 Å². The molecule has 0 unspecified atom stereocenters. The molecule has 0 aliphatic heterocycles. The molecule has 0 radical (unpaired) electrons. The summed E-state index contributed by atoms with van der Waals surface area (Å²) in [4.78, 5) is 49.9. The molecule has 2 aromatic carbocycles. The van der Waals surface area contributed by atoms with Gasteiger partial charge in [-0.15, -0.1) is 22.7 Å². The van der Waals surface area contributed by atoms with Crippen LogP contribution in [0.25, 0.3) is 0 Å². The second-order valence-corrected chi connectivity index (χ2v) is 10.2. The Morgan fingerprint density at radius 2 is 0.950 bits per heavy atom. The number of benzene rings is 2. The summed E-state index contributed by atoms with van der Waals surface area (Å²) in [5.74, 6) is -2.36. The van der Waals surface area contributed by atoms with Gasteiger partial charge in [0.2, 0.25) is 0 Å². The normalized spacial score (nSPS) is 11.4. The van der Waals surface area contributed by atoms with E-state index in [0.717, 1.165) is 0 Å². The summed E-state index contributed by atoms with van der Waals surface area (Å²) in [6.07, 6.45) is 0. The quantitative estimate of drug-likeness (QED) is 0.138. The topological polar surface area (TPSA) is 141 Å². The zero-order valence-corrected chi connectivity index (χ0v) is 23.1. The Morgan fingerprint density at radius 1 is 0.575 bits per heavy atom. The van der Waals surface area contributed by atoms with E-state index < -0.39 is 11.8 Å². The molecule has 0 spiro atoms. The van der Waals surface area contributed by atoms with Crippen molar-refractivity contribution >= 4 is 69.1 Å². The number of carbonyl (C=O) groups excluding carboxylic acids is 4. The van der Waals surface area contributed by atoms with Crippen molar-refractivity contribution in [2.45, 2.75) is 13.8 Å². The fourth-order valence-corrected chi connectivity index (χ4v) is 4.53. The second-order valence-electron chi connectivity index (χ2n) is 8.29. The number of nitrogens with one attached hydrogen (secondary N) is 4. The van der Waals surface area contributed by atoms with Crippen molar-refractivity contribution in [2.75, 3.05) is 10.6 Å². The molecule has 4 N–H and O–H groups in total. The van der Waals surface area contributed by atoms with Gasteiger partial charge in [-0.3, -0.25) is 19.2 Å². The zero-order valence-electron chi connectivity index (χ0n) is 21.4. The summed E-state index contributed by atoms with van der Waals surface area (Å²) >= 11 is 2.70. The second kappa shape index (κ2) is 13.2. The predicted molar refractivity (Wildman–Crippen MR) is 158 cm³/mol. The largest absolute Gasteiger partial charge is 0.331 e. The number of thiophene rings is 2. The van der Waals surface area contributed by atoms with Gasteiger partial charge in [0, 0.05) is 11.4 Å². The SMILES string of the molecule is C/C(=N\NC(=O)C(=O)N/N=C(\C)c1ccc(NC(=O)c2cccs2)cc1)c1ccc(NC(=O)c2cccs2)cc1. The highest BCUT2D eigenvalue weighted by molar-refractivity contribution is 7.12. The average molecular weight is 573 g/mol. The number of anilines is 2. The molecule has 0 saturated heterocycles. The maximum Gasteiger partial charge on any atom is 0.331 e. The molecule has 4 amide bonds. The Kier molecular flexibility index (Phi) is 9.28. The smallest absolute Gasteiger partial charge is 0.321 e. The van der Waals surface area contributed by atoms with E-state index in [-0.39, 0.29) is 11.8 Å². The van der Waals surface area contributed by atoms with E-state index >= 15 is 0 Å². The third-order valence-electron chi connectivity index (χ3n) is 5.47. The molecular formula is C28H24N6O4S2. The van der Waals surface area contributed by atoms with Crippen LogP contribution in [0, 0.1) is 0 Å². The summed E-state index contributed by atoms with van der Waals surface area (Å²) < 4.78 is 0. The fraction of sp³-hybridized carbons (Fsp3) is 0.0714.